The summed E-state index contributed by atoms with van der Waals surface area (Å²) in [5, 5.41) is 4.98. The Morgan fingerprint density at radius 3 is 1.75 bits per heavy atom. The van der Waals surface area contributed by atoms with E-state index < -0.39 is 0 Å². The molecule has 3 aromatic rings. The lowest BCUT2D eigenvalue weighted by Crippen LogP contribution is -2.07. The number of hydrogen-bond acceptors (Lipinski definition) is 0. The summed E-state index contributed by atoms with van der Waals surface area (Å²) in [5.74, 6) is 0.676. The first-order valence-electron chi connectivity index (χ1n) is 12.9. The van der Waals surface area contributed by atoms with Crippen LogP contribution in [0.4, 0.5) is 5.69 Å². The molecule has 0 fully saturated rings. The smallest absolute Gasteiger partial charge is 0.198 e. The van der Waals surface area contributed by atoms with Crippen molar-refractivity contribution >= 4 is 27.2 Å². The van der Waals surface area contributed by atoms with E-state index >= 15 is 0 Å². The highest BCUT2D eigenvalue weighted by Gasteiger charge is 2.19. The number of fused-ring (bicyclic) bond motifs is 3. The molecule has 0 aliphatic rings. The number of unbranched alkanes of at least 4 members (excludes halogenated alkanes) is 6. The van der Waals surface area contributed by atoms with Gasteiger partial charge in [-0.15, -0.1) is 0 Å². The SMILES string of the molecule is [C-]#[N+]c1c(CC(CCCCCC)CCCCCC)c2cc(C)ccc2c2ccc(C)cc12. The molecule has 0 saturated heterocycles. The first-order valence-corrected chi connectivity index (χ1v) is 12.9. The minimum atomic E-state index is 0.676. The molecule has 1 heteroatoms. The van der Waals surface area contributed by atoms with E-state index in [-0.39, 0.29) is 0 Å². The largest absolute Gasteiger partial charge is 0.237 e. The number of hydrogen-bond donors (Lipinski definition) is 0. The molecule has 0 aliphatic heterocycles. The minimum Gasteiger partial charge on any atom is -0.237 e. The van der Waals surface area contributed by atoms with Gasteiger partial charge in [-0.2, -0.15) is 0 Å². The molecule has 0 atom stereocenters. The van der Waals surface area contributed by atoms with Gasteiger partial charge in [0.15, 0.2) is 5.69 Å². The van der Waals surface area contributed by atoms with Gasteiger partial charge in [0.2, 0.25) is 0 Å². The Balaban J connectivity index is 2.04. The lowest BCUT2D eigenvalue weighted by atomic mass is 9.84. The Bertz CT molecular complexity index is 1060. The fourth-order valence-corrected chi connectivity index (χ4v) is 5.21. The maximum absolute atomic E-state index is 8.12. The zero-order valence-electron chi connectivity index (χ0n) is 20.8. The van der Waals surface area contributed by atoms with E-state index in [0.717, 1.165) is 17.5 Å². The maximum atomic E-state index is 8.12. The molecule has 0 radical (unpaired) electrons. The van der Waals surface area contributed by atoms with Crippen LogP contribution in [0.1, 0.15) is 94.7 Å². The normalized spacial score (nSPS) is 11.5. The van der Waals surface area contributed by atoms with E-state index in [9.17, 15) is 0 Å². The molecule has 3 rings (SSSR count). The average molecular weight is 428 g/mol. The predicted molar refractivity (Wildman–Crippen MR) is 142 cm³/mol. The molecule has 0 unspecified atom stereocenters. The number of nitrogens with zero attached hydrogens (tertiary/aromatic N) is 1. The van der Waals surface area contributed by atoms with Gasteiger partial charge < -0.3 is 0 Å². The summed E-state index contributed by atoms with van der Waals surface area (Å²) >= 11 is 0. The quantitative estimate of drug-likeness (QED) is 0.154. The molecule has 0 saturated carbocycles. The highest BCUT2D eigenvalue weighted by Crippen LogP contribution is 2.41. The number of aryl methyl sites for hydroxylation is 2. The van der Waals surface area contributed by atoms with Crippen LogP contribution < -0.4 is 0 Å². The molecule has 0 aromatic heterocycles. The first kappa shape index (κ1) is 24.3. The van der Waals surface area contributed by atoms with Crippen LogP contribution in [0.3, 0.4) is 0 Å². The van der Waals surface area contributed by atoms with Crippen LogP contribution in [-0.4, -0.2) is 0 Å². The third-order valence-electron chi connectivity index (χ3n) is 7.04. The van der Waals surface area contributed by atoms with Crippen molar-refractivity contribution in [2.75, 3.05) is 0 Å². The van der Waals surface area contributed by atoms with Gasteiger partial charge in [0, 0.05) is 0 Å². The molecule has 3 aromatic carbocycles. The average Bonchev–Trinajstić information content (AvgIpc) is 2.79. The van der Waals surface area contributed by atoms with Crippen LogP contribution in [0, 0.1) is 26.3 Å². The summed E-state index contributed by atoms with van der Waals surface area (Å²) in [6, 6.07) is 13.4. The first-order chi connectivity index (χ1) is 15.6. The van der Waals surface area contributed by atoms with Crippen LogP contribution in [0.15, 0.2) is 36.4 Å². The second kappa shape index (κ2) is 12.1. The van der Waals surface area contributed by atoms with Crippen molar-refractivity contribution in [1.29, 1.82) is 0 Å². The second-order valence-electron chi connectivity index (χ2n) is 9.81. The molecule has 0 N–H and O–H groups in total. The van der Waals surface area contributed by atoms with Crippen molar-refractivity contribution < 1.29 is 0 Å². The van der Waals surface area contributed by atoms with Crippen LogP contribution in [0.2, 0.25) is 0 Å². The minimum absolute atomic E-state index is 0.676. The van der Waals surface area contributed by atoms with Gasteiger partial charge in [0.1, 0.15) is 0 Å². The highest BCUT2D eigenvalue weighted by atomic mass is 14.7. The number of benzene rings is 3. The molecule has 170 valence electrons. The lowest BCUT2D eigenvalue weighted by Gasteiger charge is -2.21. The molecule has 0 aliphatic carbocycles. The summed E-state index contributed by atoms with van der Waals surface area (Å²) in [6.07, 6.45) is 14.2. The Hall–Kier alpha value is -2.33. The van der Waals surface area contributed by atoms with E-state index in [1.807, 2.05) is 0 Å². The predicted octanol–water partition coefficient (Wildman–Crippen LogP) is 10.3. The standard InChI is InChI=1S/C31H41N/c1-6-8-10-12-14-25(15-13-11-9-7-2)22-30-28-20-23(3)16-18-26(28)27-19-17-24(4)21-29(27)31(30)32-5/h16-21,25H,6-15,22H2,1-4H3. The topological polar surface area (TPSA) is 4.36 Å². The van der Waals surface area contributed by atoms with E-state index in [2.05, 4.69) is 68.9 Å². The van der Waals surface area contributed by atoms with E-state index in [1.165, 1.54) is 97.1 Å². The van der Waals surface area contributed by atoms with Gasteiger partial charge in [0.05, 0.1) is 6.57 Å². The van der Waals surface area contributed by atoms with Gasteiger partial charge in [0.25, 0.3) is 0 Å². The highest BCUT2D eigenvalue weighted by molar-refractivity contribution is 6.15. The zero-order valence-corrected chi connectivity index (χ0v) is 20.8. The maximum Gasteiger partial charge on any atom is 0.198 e. The molecular formula is C31H41N. The van der Waals surface area contributed by atoms with Gasteiger partial charge in [-0.25, -0.2) is 4.85 Å². The second-order valence-corrected chi connectivity index (χ2v) is 9.81. The van der Waals surface area contributed by atoms with Gasteiger partial charge in [-0.1, -0.05) is 126 Å². The fraction of sp³-hybridized carbons (Fsp3) is 0.516. The Labute approximate surface area is 196 Å². The third kappa shape index (κ3) is 5.92. The van der Waals surface area contributed by atoms with Crippen molar-refractivity contribution in [3.8, 4) is 0 Å². The Morgan fingerprint density at radius 2 is 1.22 bits per heavy atom. The van der Waals surface area contributed by atoms with Crippen LogP contribution in [0.5, 0.6) is 0 Å². The molecule has 0 bridgehead atoms. The summed E-state index contributed by atoms with van der Waals surface area (Å²) in [4.78, 5) is 4.14. The monoisotopic (exact) mass is 427 g/mol. The van der Waals surface area contributed by atoms with Crippen molar-refractivity contribution in [3.05, 3.63) is 64.5 Å². The third-order valence-corrected chi connectivity index (χ3v) is 7.04. The Kier molecular flexibility index (Phi) is 9.16. The van der Waals surface area contributed by atoms with Gasteiger partial charge >= 0.3 is 0 Å². The van der Waals surface area contributed by atoms with E-state index in [0.29, 0.717) is 5.92 Å². The Morgan fingerprint density at radius 1 is 0.688 bits per heavy atom. The molecule has 1 nitrogen and oxygen atoms in total. The van der Waals surface area contributed by atoms with Crippen LogP contribution in [0.25, 0.3) is 26.4 Å². The van der Waals surface area contributed by atoms with Crippen LogP contribution >= 0.6 is 0 Å². The summed E-state index contributed by atoms with van der Waals surface area (Å²) in [7, 11) is 0. The molecular weight excluding hydrogens is 386 g/mol. The fourth-order valence-electron chi connectivity index (χ4n) is 5.21. The molecule has 0 spiro atoms. The summed E-state index contributed by atoms with van der Waals surface area (Å²) in [5.41, 5.74) is 4.71. The van der Waals surface area contributed by atoms with Crippen molar-refractivity contribution in [2.24, 2.45) is 5.92 Å². The van der Waals surface area contributed by atoms with Crippen molar-refractivity contribution in [2.45, 2.75) is 98.3 Å². The van der Waals surface area contributed by atoms with Crippen molar-refractivity contribution in [1.82, 2.24) is 0 Å². The van der Waals surface area contributed by atoms with E-state index in [1.54, 1.807) is 0 Å². The van der Waals surface area contributed by atoms with Crippen LogP contribution in [-0.2, 0) is 6.42 Å². The molecule has 0 heterocycles. The molecule has 32 heavy (non-hydrogen) atoms. The van der Waals surface area contributed by atoms with Crippen molar-refractivity contribution in [3.63, 3.8) is 0 Å². The van der Waals surface area contributed by atoms with E-state index in [4.69, 9.17) is 6.57 Å². The zero-order chi connectivity index (χ0) is 22.9. The number of rotatable bonds is 12. The molecule has 0 amide bonds. The lowest BCUT2D eigenvalue weighted by molar-refractivity contribution is 0.405. The summed E-state index contributed by atoms with van der Waals surface area (Å²) < 4.78 is 0. The summed E-state index contributed by atoms with van der Waals surface area (Å²) in [6.45, 7) is 17.0. The van der Waals surface area contributed by atoms with Gasteiger partial charge in [-0.05, 0) is 53.3 Å². The van der Waals surface area contributed by atoms with Gasteiger partial charge in [-0.3, -0.25) is 0 Å².